The van der Waals surface area contributed by atoms with E-state index >= 15 is 0 Å². The summed E-state index contributed by atoms with van der Waals surface area (Å²) in [6.07, 6.45) is 3.46. The predicted octanol–water partition coefficient (Wildman–Crippen LogP) is 2.37. The molecule has 2 aliphatic heterocycles. The van der Waals surface area contributed by atoms with E-state index < -0.39 is 0 Å². The molecule has 2 heterocycles. The summed E-state index contributed by atoms with van der Waals surface area (Å²) < 4.78 is 11.1. The van der Waals surface area contributed by atoms with Crippen LogP contribution in [0.1, 0.15) is 40.0 Å². The minimum Gasteiger partial charge on any atom is -0.381 e. The maximum Gasteiger partial charge on any atom is 0.193 e. The van der Waals surface area contributed by atoms with E-state index in [4.69, 9.17) is 14.5 Å². The maximum absolute atomic E-state index is 5.76. The first-order valence-electron chi connectivity index (χ1n) is 9.37. The highest BCUT2D eigenvalue weighted by molar-refractivity contribution is 5.80. The third-order valence-corrected chi connectivity index (χ3v) is 4.59. The third-order valence-electron chi connectivity index (χ3n) is 4.59. The van der Waals surface area contributed by atoms with Gasteiger partial charge in [0.15, 0.2) is 5.96 Å². The Bertz CT molecular complexity index is 346. The second-order valence-electron chi connectivity index (χ2n) is 7.24. The normalized spacial score (nSPS) is 29.1. The molecule has 0 aromatic heterocycles. The molecule has 0 radical (unpaired) electrons. The number of nitrogens with zero attached hydrogens (tertiary/aromatic N) is 2. The minimum absolute atomic E-state index is 0.604. The van der Waals surface area contributed by atoms with Crippen LogP contribution in [0.3, 0.4) is 0 Å². The smallest absolute Gasteiger partial charge is 0.193 e. The van der Waals surface area contributed by atoms with Crippen LogP contribution < -0.4 is 5.32 Å². The fourth-order valence-corrected chi connectivity index (χ4v) is 3.58. The second-order valence-corrected chi connectivity index (χ2v) is 7.24. The van der Waals surface area contributed by atoms with E-state index in [0.717, 1.165) is 83.2 Å². The van der Waals surface area contributed by atoms with Crippen molar-refractivity contribution in [3.63, 3.8) is 0 Å². The predicted molar refractivity (Wildman–Crippen MR) is 94.9 cm³/mol. The number of ether oxygens (including phenoxy) is 2. The van der Waals surface area contributed by atoms with E-state index in [2.05, 4.69) is 31.0 Å². The summed E-state index contributed by atoms with van der Waals surface area (Å²) in [7, 11) is 0. The van der Waals surface area contributed by atoms with Crippen LogP contribution in [0.4, 0.5) is 0 Å². The monoisotopic (exact) mass is 325 g/mol. The molecule has 0 spiro atoms. The van der Waals surface area contributed by atoms with Crippen molar-refractivity contribution in [2.24, 2.45) is 22.7 Å². The fourth-order valence-electron chi connectivity index (χ4n) is 3.58. The van der Waals surface area contributed by atoms with Crippen LogP contribution in [0, 0.1) is 17.8 Å². The zero-order valence-corrected chi connectivity index (χ0v) is 15.2. The molecule has 0 bridgehead atoms. The van der Waals surface area contributed by atoms with Crippen LogP contribution >= 0.6 is 0 Å². The van der Waals surface area contributed by atoms with Crippen molar-refractivity contribution in [1.29, 1.82) is 0 Å². The lowest BCUT2D eigenvalue weighted by molar-refractivity contribution is 0.0892. The average Bonchev–Trinajstić information content (AvgIpc) is 3.02. The van der Waals surface area contributed by atoms with Gasteiger partial charge < -0.3 is 19.7 Å². The first kappa shape index (κ1) is 18.5. The number of likely N-dealkylation sites (tertiary alicyclic amines) is 1. The molecule has 23 heavy (non-hydrogen) atoms. The summed E-state index contributed by atoms with van der Waals surface area (Å²) in [5, 5.41) is 3.45. The summed E-state index contributed by atoms with van der Waals surface area (Å²) in [5.41, 5.74) is 0. The highest BCUT2D eigenvalue weighted by Gasteiger charge is 2.23. The number of nitrogens with one attached hydrogen (secondary N) is 1. The molecule has 5 heteroatoms. The molecule has 2 aliphatic rings. The molecule has 3 unspecified atom stereocenters. The molecule has 2 fully saturated rings. The van der Waals surface area contributed by atoms with E-state index in [9.17, 15) is 0 Å². The zero-order chi connectivity index (χ0) is 16.5. The Hall–Kier alpha value is -0.810. The van der Waals surface area contributed by atoms with Crippen molar-refractivity contribution < 1.29 is 9.47 Å². The highest BCUT2D eigenvalue weighted by atomic mass is 16.5. The summed E-state index contributed by atoms with van der Waals surface area (Å²) in [4.78, 5) is 7.23. The standard InChI is InChI=1S/C18H35N3O2/c1-4-19-18(21-11-15(2)10-16(3)12-21)20-7-5-8-22-13-17-6-9-23-14-17/h15-17H,4-14H2,1-3H3,(H,19,20). The lowest BCUT2D eigenvalue weighted by Crippen LogP contribution is -2.48. The van der Waals surface area contributed by atoms with Gasteiger partial charge in [-0.2, -0.15) is 0 Å². The van der Waals surface area contributed by atoms with E-state index in [1.165, 1.54) is 6.42 Å². The SMILES string of the molecule is CCNC(=NCCCOCC1CCOC1)N1CC(C)CC(C)C1. The van der Waals surface area contributed by atoms with Crippen molar-refractivity contribution in [3.05, 3.63) is 0 Å². The quantitative estimate of drug-likeness (QED) is 0.443. The molecule has 0 aromatic rings. The van der Waals surface area contributed by atoms with Crippen molar-refractivity contribution in [2.75, 3.05) is 52.6 Å². The van der Waals surface area contributed by atoms with Crippen LogP contribution in [0.15, 0.2) is 4.99 Å². The van der Waals surface area contributed by atoms with Crippen molar-refractivity contribution in [2.45, 2.75) is 40.0 Å². The van der Waals surface area contributed by atoms with E-state index in [-0.39, 0.29) is 0 Å². The fraction of sp³-hybridized carbons (Fsp3) is 0.944. The van der Waals surface area contributed by atoms with E-state index in [1.54, 1.807) is 0 Å². The molecule has 134 valence electrons. The van der Waals surface area contributed by atoms with Gasteiger partial charge in [-0.05, 0) is 38.0 Å². The maximum atomic E-state index is 5.76. The Kier molecular flexibility index (Phi) is 8.17. The summed E-state index contributed by atoms with van der Waals surface area (Å²) in [6, 6.07) is 0. The van der Waals surface area contributed by atoms with Gasteiger partial charge >= 0.3 is 0 Å². The van der Waals surface area contributed by atoms with Gasteiger partial charge in [-0.1, -0.05) is 13.8 Å². The highest BCUT2D eigenvalue weighted by Crippen LogP contribution is 2.20. The molecule has 0 amide bonds. The van der Waals surface area contributed by atoms with Gasteiger partial charge in [-0.3, -0.25) is 4.99 Å². The Morgan fingerprint density at radius 2 is 2.09 bits per heavy atom. The lowest BCUT2D eigenvalue weighted by Gasteiger charge is -2.37. The van der Waals surface area contributed by atoms with Crippen LogP contribution in [-0.2, 0) is 9.47 Å². The van der Waals surface area contributed by atoms with Crippen LogP contribution in [0.25, 0.3) is 0 Å². The van der Waals surface area contributed by atoms with Crippen molar-refractivity contribution in [3.8, 4) is 0 Å². The van der Waals surface area contributed by atoms with Gasteiger partial charge in [-0.25, -0.2) is 0 Å². The molecule has 1 N–H and O–H groups in total. The molecule has 0 saturated carbocycles. The number of piperidine rings is 1. The molecule has 2 saturated heterocycles. The first-order chi connectivity index (χ1) is 11.2. The van der Waals surface area contributed by atoms with Gasteiger partial charge in [0, 0.05) is 45.3 Å². The molecule has 0 aliphatic carbocycles. The molecular formula is C18H35N3O2. The van der Waals surface area contributed by atoms with Gasteiger partial charge in [-0.15, -0.1) is 0 Å². The van der Waals surface area contributed by atoms with Gasteiger partial charge in [0.2, 0.25) is 0 Å². The Morgan fingerprint density at radius 3 is 2.74 bits per heavy atom. The Balaban J connectivity index is 1.68. The minimum atomic E-state index is 0.604. The Morgan fingerprint density at radius 1 is 1.30 bits per heavy atom. The van der Waals surface area contributed by atoms with Crippen LogP contribution in [0.2, 0.25) is 0 Å². The number of hydrogen-bond acceptors (Lipinski definition) is 3. The number of aliphatic imine (C=N–C) groups is 1. The summed E-state index contributed by atoms with van der Waals surface area (Å²) in [6.45, 7) is 14.2. The number of hydrogen-bond donors (Lipinski definition) is 1. The lowest BCUT2D eigenvalue weighted by atomic mass is 9.92. The molecule has 5 nitrogen and oxygen atoms in total. The zero-order valence-electron chi connectivity index (χ0n) is 15.2. The van der Waals surface area contributed by atoms with Gasteiger partial charge in [0.25, 0.3) is 0 Å². The van der Waals surface area contributed by atoms with Gasteiger partial charge in [0.1, 0.15) is 0 Å². The summed E-state index contributed by atoms with van der Waals surface area (Å²) in [5.74, 6) is 3.18. The topological polar surface area (TPSA) is 46.1 Å². The molecule has 3 atom stereocenters. The molecule has 2 rings (SSSR count). The number of guanidine groups is 1. The first-order valence-corrected chi connectivity index (χ1v) is 9.37. The molecule has 0 aromatic carbocycles. The Labute approximate surface area is 141 Å². The third kappa shape index (κ3) is 6.68. The van der Waals surface area contributed by atoms with Gasteiger partial charge in [0.05, 0.1) is 13.2 Å². The van der Waals surface area contributed by atoms with E-state index in [0.29, 0.717) is 5.92 Å². The number of rotatable bonds is 7. The van der Waals surface area contributed by atoms with Crippen molar-refractivity contribution in [1.82, 2.24) is 10.2 Å². The second kappa shape index (κ2) is 10.1. The molecular weight excluding hydrogens is 290 g/mol. The summed E-state index contributed by atoms with van der Waals surface area (Å²) >= 11 is 0. The largest absolute Gasteiger partial charge is 0.381 e. The van der Waals surface area contributed by atoms with Crippen molar-refractivity contribution >= 4 is 5.96 Å². The van der Waals surface area contributed by atoms with Crippen LogP contribution in [0.5, 0.6) is 0 Å². The average molecular weight is 325 g/mol. The van der Waals surface area contributed by atoms with E-state index in [1.807, 2.05) is 0 Å². The van der Waals surface area contributed by atoms with Crippen LogP contribution in [-0.4, -0.2) is 63.5 Å².